The van der Waals surface area contributed by atoms with Gasteiger partial charge in [0.25, 0.3) is 0 Å². The van der Waals surface area contributed by atoms with Gasteiger partial charge in [-0.2, -0.15) is 5.48 Å². The number of nitrogens with one attached hydrogen (secondary N) is 1. The van der Waals surface area contributed by atoms with Crippen molar-refractivity contribution in [3.63, 3.8) is 0 Å². The first-order valence-corrected chi connectivity index (χ1v) is 6.65. The van der Waals surface area contributed by atoms with Gasteiger partial charge >= 0.3 is 5.97 Å². The van der Waals surface area contributed by atoms with Crippen molar-refractivity contribution in [2.24, 2.45) is 0 Å². The summed E-state index contributed by atoms with van der Waals surface area (Å²) in [6.07, 6.45) is 3.24. The zero-order valence-corrected chi connectivity index (χ0v) is 10.9. The van der Waals surface area contributed by atoms with E-state index in [2.05, 4.69) is 16.8 Å². The fourth-order valence-electron chi connectivity index (χ4n) is 3.00. The molecule has 0 aromatic rings. The van der Waals surface area contributed by atoms with Crippen LogP contribution in [0.4, 0.5) is 0 Å². The van der Waals surface area contributed by atoms with Crippen molar-refractivity contribution in [3.8, 4) is 0 Å². The van der Waals surface area contributed by atoms with Crippen LogP contribution >= 0.6 is 0 Å². The fourth-order valence-corrected chi connectivity index (χ4v) is 3.00. The minimum absolute atomic E-state index is 0.463. The number of hydrogen-bond donors (Lipinski definition) is 3. The Morgan fingerprint density at radius 1 is 1.22 bits per heavy atom. The number of carboxylic acids is 1. The molecule has 2 saturated heterocycles. The molecule has 2 rings (SSSR count). The molecule has 0 unspecified atom stereocenters. The van der Waals surface area contributed by atoms with Gasteiger partial charge in [-0.3, -0.25) is 4.79 Å². The van der Waals surface area contributed by atoms with Crippen LogP contribution in [0.3, 0.4) is 0 Å². The molecule has 2 heterocycles. The predicted molar refractivity (Wildman–Crippen MR) is 66.6 cm³/mol. The standard InChI is InChI=1S/C12H23N3O3/c1-14-6-2-10(3-7-14)15-8-4-12(13-18,5-9-15)11(16)17/h10,13,18H,2-9H2,1H3,(H,16,17). The number of hydroxylamine groups is 1. The monoisotopic (exact) mass is 257 g/mol. The first-order chi connectivity index (χ1) is 8.57. The van der Waals surface area contributed by atoms with Gasteiger partial charge in [0.15, 0.2) is 0 Å². The van der Waals surface area contributed by atoms with E-state index in [9.17, 15) is 9.90 Å². The molecule has 18 heavy (non-hydrogen) atoms. The highest BCUT2D eigenvalue weighted by molar-refractivity contribution is 5.78. The van der Waals surface area contributed by atoms with Crippen molar-refractivity contribution in [3.05, 3.63) is 0 Å². The predicted octanol–water partition coefficient (Wildman–Crippen LogP) is -0.0214. The van der Waals surface area contributed by atoms with Crippen LogP contribution in [0.1, 0.15) is 25.7 Å². The van der Waals surface area contributed by atoms with Gasteiger partial charge in [-0.1, -0.05) is 0 Å². The summed E-state index contributed by atoms with van der Waals surface area (Å²) in [4.78, 5) is 15.9. The molecule has 0 amide bonds. The maximum absolute atomic E-state index is 11.2. The van der Waals surface area contributed by atoms with Gasteiger partial charge in [-0.05, 0) is 45.8 Å². The normalized spacial score (nSPS) is 27.2. The smallest absolute Gasteiger partial charge is 0.326 e. The van der Waals surface area contributed by atoms with Gasteiger partial charge < -0.3 is 20.1 Å². The van der Waals surface area contributed by atoms with Gasteiger partial charge in [0.2, 0.25) is 0 Å². The van der Waals surface area contributed by atoms with Crippen molar-refractivity contribution in [2.75, 3.05) is 33.2 Å². The molecule has 2 aliphatic heterocycles. The van der Waals surface area contributed by atoms with E-state index in [1.165, 1.54) is 0 Å². The highest BCUT2D eigenvalue weighted by Gasteiger charge is 2.42. The van der Waals surface area contributed by atoms with Crippen molar-refractivity contribution < 1.29 is 15.1 Å². The van der Waals surface area contributed by atoms with E-state index in [-0.39, 0.29) is 0 Å². The van der Waals surface area contributed by atoms with Gasteiger partial charge in [0, 0.05) is 19.1 Å². The molecule has 0 aromatic carbocycles. The van der Waals surface area contributed by atoms with Gasteiger partial charge in [0.1, 0.15) is 5.54 Å². The third-order valence-electron chi connectivity index (χ3n) is 4.48. The first-order valence-electron chi connectivity index (χ1n) is 6.65. The Kier molecular flexibility index (Phi) is 4.21. The molecule has 0 radical (unpaired) electrons. The lowest BCUT2D eigenvalue weighted by molar-refractivity contribution is -0.153. The van der Waals surface area contributed by atoms with Crippen LogP contribution in [-0.4, -0.2) is 70.9 Å². The Hall–Kier alpha value is -0.690. The average molecular weight is 257 g/mol. The summed E-state index contributed by atoms with van der Waals surface area (Å²) in [5.74, 6) is -0.951. The Morgan fingerprint density at radius 2 is 1.78 bits per heavy atom. The molecule has 104 valence electrons. The zero-order chi connectivity index (χ0) is 13.2. The van der Waals surface area contributed by atoms with Crippen LogP contribution in [0.15, 0.2) is 0 Å². The third-order valence-corrected chi connectivity index (χ3v) is 4.48. The van der Waals surface area contributed by atoms with Gasteiger partial charge in [-0.25, -0.2) is 0 Å². The Bertz CT molecular complexity index is 295. The van der Waals surface area contributed by atoms with Crippen molar-refractivity contribution in [1.29, 1.82) is 0 Å². The summed E-state index contributed by atoms with van der Waals surface area (Å²) in [6, 6.07) is 0.576. The largest absolute Gasteiger partial charge is 0.480 e. The fraction of sp³-hybridized carbons (Fsp3) is 0.917. The Morgan fingerprint density at radius 3 is 2.22 bits per heavy atom. The molecule has 2 aliphatic rings. The van der Waals surface area contributed by atoms with Crippen molar-refractivity contribution in [2.45, 2.75) is 37.3 Å². The van der Waals surface area contributed by atoms with Crippen LogP contribution in [-0.2, 0) is 4.79 Å². The molecular weight excluding hydrogens is 234 g/mol. The average Bonchev–Trinajstić information content (AvgIpc) is 2.39. The molecular formula is C12H23N3O3. The van der Waals surface area contributed by atoms with E-state index in [0.29, 0.717) is 18.9 Å². The number of nitrogens with zero attached hydrogens (tertiary/aromatic N) is 2. The summed E-state index contributed by atoms with van der Waals surface area (Å²) in [7, 11) is 2.14. The van der Waals surface area contributed by atoms with E-state index < -0.39 is 11.5 Å². The molecule has 6 heteroatoms. The van der Waals surface area contributed by atoms with E-state index in [4.69, 9.17) is 5.21 Å². The Labute approximate surface area is 108 Å². The molecule has 3 N–H and O–H groups in total. The second-order valence-electron chi connectivity index (χ2n) is 5.57. The summed E-state index contributed by atoms with van der Waals surface area (Å²) < 4.78 is 0. The lowest BCUT2D eigenvalue weighted by Gasteiger charge is -2.43. The number of aliphatic carboxylic acids is 1. The van der Waals surface area contributed by atoms with E-state index in [1.807, 2.05) is 5.48 Å². The SMILES string of the molecule is CN1CCC(N2CCC(NO)(C(=O)O)CC2)CC1. The third kappa shape index (κ3) is 2.66. The van der Waals surface area contributed by atoms with Gasteiger partial charge in [-0.15, -0.1) is 0 Å². The topological polar surface area (TPSA) is 76.0 Å². The number of likely N-dealkylation sites (tertiary alicyclic amines) is 2. The molecule has 6 nitrogen and oxygen atoms in total. The number of carbonyl (C=O) groups is 1. The Balaban J connectivity index is 1.88. The highest BCUT2D eigenvalue weighted by Crippen LogP contribution is 2.26. The molecule has 0 bridgehead atoms. The van der Waals surface area contributed by atoms with Crippen LogP contribution in [0.25, 0.3) is 0 Å². The minimum atomic E-state index is -1.14. The number of piperidine rings is 2. The number of carboxylic acid groups (broad SMARTS) is 1. The van der Waals surface area contributed by atoms with Crippen LogP contribution in [0.2, 0.25) is 0 Å². The van der Waals surface area contributed by atoms with Crippen molar-refractivity contribution in [1.82, 2.24) is 15.3 Å². The maximum atomic E-state index is 11.2. The summed E-state index contributed by atoms with van der Waals surface area (Å²) in [5.41, 5.74) is 0.876. The molecule has 0 spiro atoms. The van der Waals surface area contributed by atoms with Crippen LogP contribution in [0, 0.1) is 0 Å². The summed E-state index contributed by atoms with van der Waals surface area (Å²) in [6.45, 7) is 3.72. The van der Waals surface area contributed by atoms with Crippen molar-refractivity contribution >= 4 is 5.97 Å². The summed E-state index contributed by atoms with van der Waals surface area (Å²) >= 11 is 0. The second-order valence-corrected chi connectivity index (χ2v) is 5.57. The highest BCUT2D eigenvalue weighted by atomic mass is 16.5. The maximum Gasteiger partial charge on any atom is 0.326 e. The lowest BCUT2D eigenvalue weighted by atomic mass is 9.87. The summed E-state index contributed by atoms with van der Waals surface area (Å²) in [5, 5.41) is 18.3. The quantitative estimate of drug-likeness (QED) is 0.617. The van der Waals surface area contributed by atoms with E-state index in [0.717, 1.165) is 39.0 Å². The first kappa shape index (κ1) is 13.7. The second kappa shape index (κ2) is 5.52. The molecule has 2 fully saturated rings. The van der Waals surface area contributed by atoms with E-state index in [1.54, 1.807) is 0 Å². The molecule has 0 aliphatic carbocycles. The zero-order valence-electron chi connectivity index (χ0n) is 10.9. The molecule has 0 saturated carbocycles. The van der Waals surface area contributed by atoms with E-state index >= 15 is 0 Å². The lowest BCUT2D eigenvalue weighted by Crippen LogP contribution is -2.59. The number of hydrogen-bond acceptors (Lipinski definition) is 5. The molecule has 0 aromatic heterocycles. The molecule has 0 atom stereocenters. The van der Waals surface area contributed by atoms with Crippen LogP contribution < -0.4 is 5.48 Å². The minimum Gasteiger partial charge on any atom is -0.480 e. The number of rotatable bonds is 3. The van der Waals surface area contributed by atoms with Gasteiger partial charge in [0.05, 0.1) is 0 Å². The van der Waals surface area contributed by atoms with Crippen LogP contribution in [0.5, 0.6) is 0 Å².